The average Bonchev–Trinajstić information content (AvgIpc) is 2.46. The van der Waals surface area contributed by atoms with Gasteiger partial charge in [0.2, 0.25) is 5.91 Å². The van der Waals surface area contributed by atoms with E-state index in [1.807, 2.05) is 4.90 Å². The van der Waals surface area contributed by atoms with E-state index in [1.54, 1.807) is 17.9 Å². The molecule has 0 saturated carbocycles. The van der Waals surface area contributed by atoms with Crippen molar-refractivity contribution in [3.63, 3.8) is 0 Å². The molecule has 0 aliphatic carbocycles. The van der Waals surface area contributed by atoms with Gasteiger partial charge in [-0.25, -0.2) is 0 Å². The van der Waals surface area contributed by atoms with Crippen LogP contribution in [0.3, 0.4) is 0 Å². The number of rotatable bonds is 2. The molecule has 0 aromatic heterocycles. The van der Waals surface area contributed by atoms with Crippen LogP contribution in [0.2, 0.25) is 0 Å². The van der Waals surface area contributed by atoms with Gasteiger partial charge in [0, 0.05) is 31.9 Å². The van der Waals surface area contributed by atoms with Gasteiger partial charge >= 0.3 is 6.18 Å². The Kier molecular flexibility index (Phi) is 4.70. The molecule has 1 aromatic rings. The quantitative estimate of drug-likeness (QED) is 0.848. The van der Waals surface area contributed by atoms with Gasteiger partial charge in [-0.1, -0.05) is 6.07 Å². The highest BCUT2D eigenvalue weighted by molar-refractivity contribution is 7.81. The number of carbonyl (C=O) groups is 1. The third-order valence-electron chi connectivity index (χ3n) is 3.49. The molecule has 0 spiro atoms. The number of alkyl halides is 3. The van der Waals surface area contributed by atoms with Crippen LogP contribution in [-0.2, 0) is 11.0 Å². The highest BCUT2D eigenvalue weighted by atomic mass is 32.1. The number of hydrogen-bond acceptors (Lipinski definition) is 3. The van der Waals surface area contributed by atoms with Crippen molar-refractivity contribution in [1.82, 2.24) is 4.90 Å². The molecule has 0 radical (unpaired) electrons. The standard InChI is InChI=1S/C14H17F3N2OS/c1-10(21)13(20)19-7-5-18(6-8-19)12-4-2-3-11(9-12)14(15,16)17/h2-4,9-10,21H,5-8H2,1H3. The number of amides is 1. The Morgan fingerprint density at radius 2 is 1.86 bits per heavy atom. The minimum absolute atomic E-state index is 0.0398. The fraction of sp³-hybridized carbons (Fsp3) is 0.500. The minimum atomic E-state index is -4.34. The van der Waals surface area contributed by atoms with Gasteiger partial charge in [0.25, 0.3) is 0 Å². The SMILES string of the molecule is CC(S)C(=O)N1CCN(c2cccc(C(F)(F)F)c2)CC1. The average molecular weight is 318 g/mol. The van der Waals surface area contributed by atoms with Crippen molar-refractivity contribution < 1.29 is 18.0 Å². The first-order valence-electron chi connectivity index (χ1n) is 6.68. The van der Waals surface area contributed by atoms with Gasteiger partial charge in [0.15, 0.2) is 0 Å². The lowest BCUT2D eigenvalue weighted by Gasteiger charge is -2.37. The van der Waals surface area contributed by atoms with Crippen molar-refractivity contribution in [2.45, 2.75) is 18.3 Å². The van der Waals surface area contributed by atoms with Crippen LogP contribution in [0.5, 0.6) is 0 Å². The molecule has 1 saturated heterocycles. The summed E-state index contributed by atoms with van der Waals surface area (Å²) >= 11 is 4.11. The Balaban J connectivity index is 2.04. The molecule has 1 heterocycles. The van der Waals surface area contributed by atoms with Gasteiger partial charge in [-0.15, -0.1) is 0 Å². The topological polar surface area (TPSA) is 23.6 Å². The molecule has 0 N–H and O–H groups in total. The molecular weight excluding hydrogens is 301 g/mol. The van der Waals surface area contributed by atoms with Gasteiger partial charge in [-0.3, -0.25) is 4.79 Å². The second-order valence-corrected chi connectivity index (χ2v) is 5.81. The number of thiol groups is 1. The van der Waals surface area contributed by atoms with Crippen molar-refractivity contribution in [1.29, 1.82) is 0 Å². The largest absolute Gasteiger partial charge is 0.416 e. The molecule has 1 atom stereocenters. The Hall–Kier alpha value is -1.37. The van der Waals surface area contributed by atoms with Crippen LogP contribution in [0.25, 0.3) is 0 Å². The summed E-state index contributed by atoms with van der Waals surface area (Å²) in [4.78, 5) is 15.4. The van der Waals surface area contributed by atoms with E-state index in [9.17, 15) is 18.0 Å². The molecule has 2 rings (SSSR count). The lowest BCUT2D eigenvalue weighted by atomic mass is 10.1. The first-order chi connectivity index (χ1) is 9.79. The smallest absolute Gasteiger partial charge is 0.368 e. The van der Waals surface area contributed by atoms with Crippen molar-refractivity contribution in [2.24, 2.45) is 0 Å². The maximum absolute atomic E-state index is 12.7. The third kappa shape index (κ3) is 3.84. The predicted molar refractivity (Wildman–Crippen MR) is 78.7 cm³/mol. The third-order valence-corrected chi connectivity index (χ3v) is 3.71. The van der Waals surface area contributed by atoms with E-state index in [0.29, 0.717) is 31.9 Å². The molecule has 1 aliphatic rings. The van der Waals surface area contributed by atoms with Crippen LogP contribution in [-0.4, -0.2) is 42.2 Å². The maximum Gasteiger partial charge on any atom is 0.416 e. The highest BCUT2D eigenvalue weighted by Crippen LogP contribution is 2.31. The zero-order valence-corrected chi connectivity index (χ0v) is 12.5. The molecule has 7 heteroatoms. The van der Waals surface area contributed by atoms with E-state index in [1.165, 1.54) is 6.07 Å². The molecule has 21 heavy (non-hydrogen) atoms. The number of piperazine rings is 1. The monoisotopic (exact) mass is 318 g/mol. The van der Waals surface area contributed by atoms with Crippen LogP contribution < -0.4 is 4.90 Å². The van der Waals surface area contributed by atoms with Gasteiger partial charge in [0.1, 0.15) is 0 Å². The highest BCUT2D eigenvalue weighted by Gasteiger charge is 2.31. The van der Waals surface area contributed by atoms with Crippen molar-refractivity contribution in [3.8, 4) is 0 Å². The van der Waals surface area contributed by atoms with Gasteiger partial charge < -0.3 is 9.80 Å². The maximum atomic E-state index is 12.7. The summed E-state index contributed by atoms with van der Waals surface area (Å²) < 4.78 is 38.1. The van der Waals surface area contributed by atoms with Crippen LogP contribution in [0, 0.1) is 0 Å². The van der Waals surface area contributed by atoms with E-state index < -0.39 is 11.7 Å². The lowest BCUT2D eigenvalue weighted by molar-refractivity contribution is -0.137. The van der Waals surface area contributed by atoms with Gasteiger partial charge in [0.05, 0.1) is 10.8 Å². The number of halogens is 3. The number of nitrogens with zero attached hydrogens (tertiary/aromatic N) is 2. The summed E-state index contributed by atoms with van der Waals surface area (Å²) in [6, 6.07) is 5.28. The number of carbonyl (C=O) groups excluding carboxylic acids is 1. The van der Waals surface area contributed by atoms with Gasteiger partial charge in [-0.05, 0) is 25.1 Å². The van der Waals surface area contributed by atoms with Crippen LogP contribution >= 0.6 is 12.6 Å². The first-order valence-corrected chi connectivity index (χ1v) is 7.20. The second kappa shape index (κ2) is 6.17. The molecule has 1 aromatic carbocycles. The van der Waals surface area contributed by atoms with Crippen molar-refractivity contribution in [2.75, 3.05) is 31.1 Å². The fourth-order valence-corrected chi connectivity index (χ4v) is 2.49. The zero-order chi connectivity index (χ0) is 15.6. The van der Waals surface area contributed by atoms with E-state index in [0.717, 1.165) is 12.1 Å². The Morgan fingerprint density at radius 3 is 2.38 bits per heavy atom. The molecule has 116 valence electrons. The summed E-state index contributed by atoms with van der Waals surface area (Å²) in [6.45, 7) is 3.76. The van der Waals surface area contributed by atoms with E-state index >= 15 is 0 Å². The first kappa shape index (κ1) is 16.0. The summed E-state index contributed by atoms with van der Waals surface area (Å²) in [5.41, 5.74) is -0.113. The number of anilines is 1. The number of hydrogen-bond donors (Lipinski definition) is 1. The molecule has 1 fully saturated rings. The summed E-state index contributed by atoms with van der Waals surface area (Å²) in [6.07, 6.45) is -4.34. The van der Waals surface area contributed by atoms with E-state index in [-0.39, 0.29) is 11.2 Å². The fourth-order valence-electron chi connectivity index (χ4n) is 2.33. The van der Waals surface area contributed by atoms with Crippen LogP contribution in [0.4, 0.5) is 18.9 Å². The van der Waals surface area contributed by atoms with E-state index in [4.69, 9.17) is 0 Å². The molecule has 1 aliphatic heterocycles. The molecular formula is C14H17F3N2OS. The van der Waals surface area contributed by atoms with Crippen LogP contribution in [0.1, 0.15) is 12.5 Å². The summed E-state index contributed by atoms with van der Waals surface area (Å²) in [7, 11) is 0. The minimum Gasteiger partial charge on any atom is -0.368 e. The summed E-state index contributed by atoms with van der Waals surface area (Å²) in [5, 5.41) is -0.356. The molecule has 1 amide bonds. The number of benzene rings is 1. The predicted octanol–water partition coefficient (Wildman–Crippen LogP) is 2.67. The summed E-state index contributed by atoms with van der Waals surface area (Å²) in [5.74, 6) is -0.0398. The van der Waals surface area contributed by atoms with Crippen LogP contribution in [0.15, 0.2) is 24.3 Å². The Bertz CT molecular complexity index is 511. The van der Waals surface area contributed by atoms with Gasteiger partial charge in [-0.2, -0.15) is 25.8 Å². The van der Waals surface area contributed by atoms with Crippen molar-refractivity contribution in [3.05, 3.63) is 29.8 Å². The molecule has 1 unspecified atom stereocenters. The second-order valence-electron chi connectivity index (χ2n) is 5.04. The molecule has 0 bridgehead atoms. The Labute approximate surface area is 127 Å². The molecule has 3 nitrogen and oxygen atoms in total. The zero-order valence-electron chi connectivity index (χ0n) is 11.6. The van der Waals surface area contributed by atoms with E-state index in [2.05, 4.69) is 12.6 Å². The normalized spacial score (nSPS) is 17.8. The van der Waals surface area contributed by atoms with Crippen molar-refractivity contribution >= 4 is 24.2 Å². The Morgan fingerprint density at radius 1 is 1.24 bits per heavy atom. The lowest BCUT2D eigenvalue weighted by Crippen LogP contribution is -2.50.